The summed E-state index contributed by atoms with van der Waals surface area (Å²) in [6, 6.07) is 9.47. The van der Waals surface area contributed by atoms with E-state index in [4.69, 9.17) is 4.42 Å². The number of Topliss-reactive ketones (excluding diaryl/α,β-unsaturated/α-hetero) is 1. The van der Waals surface area contributed by atoms with Crippen LogP contribution in [-0.4, -0.2) is 29.1 Å². The highest BCUT2D eigenvalue weighted by atomic mass is 16.4. The molecule has 5 heteroatoms. The van der Waals surface area contributed by atoms with Crippen LogP contribution in [0.15, 0.2) is 34.7 Å². The van der Waals surface area contributed by atoms with Crippen molar-refractivity contribution in [3.63, 3.8) is 0 Å². The van der Waals surface area contributed by atoms with Gasteiger partial charge < -0.3 is 9.73 Å². The van der Waals surface area contributed by atoms with E-state index >= 15 is 0 Å². The molecule has 0 saturated carbocycles. The number of rotatable bonds is 3. The SMILES string of the molecule is O=C(c1nnc(-c2ccccc2)o1)C1CCNCC1. The second-order valence-corrected chi connectivity index (χ2v) is 4.67. The van der Waals surface area contributed by atoms with E-state index in [1.165, 1.54) is 0 Å². The zero-order valence-corrected chi connectivity index (χ0v) is 10.5. The summed E-state index contributed by atoms with van der Waals surface area (Å²) in [5.41, 5.74) is 0.833. The normalized spacial score (nSPS) is 16.4. The summed E-state index contributed by atoms with van der Waals surface area (Å²) in [5, 5.41) is 11.1. The minimum Gasteiger partial charge on any atom is -0.414 e. The van der Waals surface area contributed by atoms with E-state index in [-0.39, 0.29) is 17.6 Å². The van der Waals surface area contributed by atoms with Gasteiger partial charge in [-0.25, -0.2) is 0 Å². The molecule has 2 aromatic rings. The fraction of sp³-hybridized carbons (Fsp3) is 0.357. The quantitative estimate of drug-likeness (QED) is 0.851. The Kier molecular flexibility index (Phi) is 3.37. The molecule has 1 aliphatic rings. The number of hydrogen-bond donors (Lipinski definition) is 1. The molecule has 0 spiro atoms. The van der Waals surface area contributed by atoms with Crippen LogP contribution in [0.2, 0.25) is 0 Å². The summed E-state index contributed by atoms with van der Waals surface area (Å²) in [7, 11) is 0. The summed E-state index contributed by atoms with van der Waals surface area (Å²) in [4.78, 5) is 12.2. The Morgan fingerprint density at radius 3 is 2.63 bits per heavy atom. The summed E-state index contributed by atoms with van der Waals surface area (Å²) in [6.07, 6.45) is 1.67. The number of benzene rings is 1. The molecule has 2 heterocycles. The van der Waals surface area contributed by atoms with Gasteiger partial charge in [-0.15, -0.1) is 10.2 Å². The van der Waals surface area contributed by atoms with Gasteiger partial charge in [0.05, 0.1) is 0 Å². The first kappa shape index (κ1) is 12.0. The van der Waals surface area contributed by atoms with Crippen LogP contribution in [0.1, 0.15) is 23.5 Å². The van der Waals surface area contributed by atoms with E-state index in [1.807, 2.05) is 30.3 Å². The molecule has 0 radical (unpaired) electrons. The topological polar surface area (TPSA) is 68.0 Å². The first-order valence-electron chi connectivity index (χ1n) is 6.48. The zero-order valence-electron chi connectivity index (χ0n) is 10.5. The highest BCUT2D eigenvalue weighted by Crippen LogP contribution is 2.21. The number of nitrogens with one attached hydrogen (secondary N) is 1. The van der Waals surface area contributed by atoms with Crippen molar-refractivity contribution in [2.24, 2.45) is 5.92 Å². The molecule has 98 valence electrons. The smallest absolute Gasteiger partial charge is 0.284 e. The third-order valence-electron chi connectivity index (χ3n) is 3.37. The van der Waals surface area contributed by atoms with Crippen LogP contribution >= 0.6 is 0 Å². The number of carbonyl (C=O) groups excluding carboxylic acids is 1. The van der Waals surface area contributed by atoms with Crippen LogP contribution in [0.3, 0.4) is 0 Å². The minimum atomic E-state index is -0.0313. The van der Waals surface area contributed by atoms with Crippen molar-refractivity contribution in [2.75, 3.05) is 13.1 Å². The summed E-state index contributed by atoms with van der Waals surface area (Å²) < 4.78 is 5.49. The maximum atomic E-state index is 12.2. The van der Waals surface area contributed by atoms with Crippen LogP contribution in [0.4, 0.5) is 0 Å². The van der Waals surface area contributed by atoms with Gasteiger partial charge in [0.15, 0.2) is 0 Å². The third-order valence-corrected chi connectivity index (χ3v) is 3.37. The van der Waals surface area contributed by atoms with Gasteiger partial charge in [-0.2, -0.15) is 0 Å². The molecule has 1 aromatic heterocycles. The van der Waals surface area contributed by atoms with Crippen LogP contribution in [0.5, 0.6) is 0 Å². The Bertz CT molecular complexity index is 559. The molecule has 0 unspecified atom stereocenters. The fourth-order valence-electron chi connectivity index (χ4n) is 2.28. The molecule has 5 nitrogen and oxygen atoms in total. The van der Waals surface area contributed by atoms with Crippen molar-refractivity contribution in [3.8, 4) is 11.5 Å². The summed E-state index contributed by atoms with van der Waals surface area (Å²) in [6.45, 7) is 1.74. The van der Waals surface area contributed by atoms with E-state index < -0.39 is 0 Å². The van der Waals surface area contributed by atoms with Crippen molar-refractivity contribution in [1.29, 1.82) is 0 Å². The molecule has 0 atom stereocenters. The Morgan fingerprint density at radius 2 is 1.89 bits per heavy atom. The average Bonchev–Trinajstić information content (AvgIpc) is 2.98. The molecular formula is C14H15N3O2. The van der Waals surface area contributed by atoms with Crippen LogP contribution in [-0.2, 0) is 0 Å². The highest BCUT2D eigenvalue weighted by molar-refractivity contribution is 5.93. The first-order chi connectivity index (χ1) is 9.34. The maximum Gasteiger partial charge on any atom is 0.284 e. The molecule has 1 fully saturated rings. The third kappa shape index (κ3) is 2.56. The van der Waals surface area contributed by atoms with Gasteiger partial charge in [0.1, 0.15) is 0 Å². The predicted molar refractivity (Wildman–Crippen MR) is 69.7 cm³/mol. The number of hydrogen-bond acceptors (Lipinski definition) is 5. The molecule has 0 bridgehead atoms. The molecule has 0 aliphatic carbocycles. The molecule has 1 N–H and O–H groups in total. The Labute approximate surface area is 111 Å². The van der Waals surface area contributed by atoms with Crippen LogP contribution in [0, 0.1) is 5.92 Å². The van der Waals surface area contributed by atoms with Gasteiger partial charge in [0, 0.05) is 11.5 Å². The lowest BCUT2D eigenvalue weighted by Crippen LogP contribution is -2.32. The van der Waals surface area contributed by atoms with E-state index in [2.05, 4.69) is 15.5 Å². The number of nitrogens with zero attached hydrogens (tertiary/aromatic N) is 2. The molecule has 1 aromatic carbocycles. The van der Waals surface area contributed by atoms with Crippen molar-refractivity contribution in [1.82, 2.24) is 15.5 Å². The van der Waals surface area contributed by atoms with Gasteiger partial charge in [-0.05, 0) is 38.1 Å². The van der Waals surface area contributed by atoms with Crippen molar-refractivity contribution < 1.29 is 9.21 Å². The number of piperidine rings is 1. The van der Waals surface area contributed by atoms with Gasteiger partial charge in [-0.1, -0.05) is 18.2 Å². The number of aromatic nitrogens is 2. The fourth-order valence-corrected chi connectivity index (χ4v) is 2.28. The number of ketones is 1. The predicted octanol–water partition coefficient (Wildman–Crippen LogP) is 1.92. The van der Waals surface area contributed by atoms with Crippen molar-refractivity contribution >= 4 is 5.78 Å². The standard InChI is InChI=1S/C14H15N3O2/c18-12(10-6-8-15-9-7-10)14-17-16-13(19-14)11-4-2-1-3-5-11/h1-5,10,15H,6-9H2. The second kappa shape index (κ2) is 5.32. The van der Waals surface area contributed by atoms with Crippen LogP contribution in [0.25, 0.3) is 11.5 Å². The monoisotopic (exact) mass is 257 g/mol. The summed E-state index contributed by atoms with van der Waals surface area (Å²) in [5.74, 6) is 0.505. The first-order valence-corrected chi connectivity index (χ1v) is 6.48. The van der Waals surface area contributed by atoms with Gasteiger partial charge >= 0.3 is 0 Å². The molecular weight excluding hydrogens is 242 g/mol. The molecule has 0 amide bonds. The Hall–Kier alpha value is -2.01. The second-order valence-electron chi connectivity index (χ2n) is 4.67. The summed E-state index contributed by atoms with van der Waals surface area (Å²) >= 11 is 0. The molecule has 19 heavy (non-hydrogen) atoms. The van der Waals surface area contributed by atoms with Gasteiger partial charge in [0.25, 0.3) is 5.89 Å². The van der Waals surface area contributed by atoms with Gasteiger partial charge in [-0.3, -0.25) is 4.79 Å². The highest BCUT2D eigenvalue weighted by Gasteiger charge is 2.26. The van der Waals surface area contributed by atoms with Crippen molar-refractivity contribution in [2.45, 2.75) is 12.8 Å². The van der Waals surface area contributed by atoms with E-state index in [0.717, 1.165) is 31.5 Å². The lowest BCUT2D eigenvalue weighted by atomic mass is 9.93. The molecule has 3 rings (SSSR count). The Balaban J connectivity index is 1.79. The lowest BCUT2D eigenvalue weighted by Gasteiger charge is -2.19. The molecule has 1 saturated heterocycles. The molecule has 1 aliphatic heterocycles. The van der Waals surface area contributed by atoms with Gasteiger partial charge in [0.2, 0.25) is 11.7 Å². The van der Waals surface area contributed by atoms with E-state index in [1.54, 1.807) is 0 Å². The Morgan fingerprint density at radius 1 is 1.16 bits per heavy atom. The van der Waals surface area contributed by atoms with E-state index in [9.17, 15) is 4.79 Å². The van der Waals surface area contributed by atoms with Crippen LogP contribution < -0.4 is 5.32 Å². The minimum absolute atomic E-state index is 0.00493. The average molecular weight is 257 g/mol. The van der Waals surface area contributed by atoms with Crippen molar-refractivity contribution in [3.05, 3.63) is 36.2 Å². The largest absolute Gasteiger partial charge is 0.414 e. The zero-order chi connectivity index (χ0) is 13.1. The van der Waals surface area contributed by atoms with E-state index in [0.29, 0.717) is 5.89 Å². The number of carbonyl (C=O) groups is 1. The lowest BCUT2D eigenvalue weighted by molar-refractivity contribution is 0.0859. The maximum absolute atomic E-state index is 12.2.